The van der Waals surface area contributed by atoms with E-state index in [1.807, 2.05) is 19.1 Å². The van der Waals surface area contributed by atoms with Crippen LogP contribution < -0.4 is 10.1 Å². The van der Waals surface area contributed by atoms with Crippen LogP contribution in [-0.2, 0) is 0 Å². The van der Waals surface area contributed by atoms with Crippen molar-refractivity contribution in [3.8, 4) is 11.8 Å². The number of ether oxygens (including phenoxy) is 1. The van der Waals surface area contributed by atoms with Gasteiger partial charge in [0, 0.05) is 6.04 Å². The summed E-state index contributed by atoms with van der Waals surface area (Å²) in [4.78, 5) is 0. The first-order valence-electron chi connectivity index (χ1n) is 7.26. The van der Waals surface area contributed by atoms with E-state index in [0.29, 0.717) is 12.6 Å². The molecule has 0 saturated carbocycles. The van der Waals surface area contributed by atoms with Crippen LogP contribution in [0.1, 0.15) is 44.7 Å². The summed E-state index contributed by atoms with van der Waals surface area (Å²) < 4.78 is 5.83. The van der Waals surface area contributed by atoms with E-state index < -0.39 is 5.54 Å². The average molecular weight is 274 g/mol. The number of aryl methyl sites for hydroxylation is 1. The molecule has 1 N–H and O–H groups in total. The standard InChI is InChI=1S/C17H26N2O/c1-13(2)19-17(5,12-18)10-7-11-20-16-9-6-8-14(3)15(16)4/h6,8-9,13,19H,7,10-11H2,1-5H3. The molecular weight excluding hydrogens is 248 g/mol. The highest BCUT2D eigenvalue weighted by Crippen LogP contribution is 2.21. The predicted octanol–water partition coefficient (Wildman–Crippen LogP) is 3.74. The van der Waals surface area contributed by atoms with Gasteiger partial charge in [-0.3, -0.25) is 5.32 Å². The van der Waals surface area contributed by atoms with Gasteiger partial charge in [-0.15, -0.1) is 0 Å². The summed E-state index contributed by atoms with van der Waals surface area (Å²) in [5.41, 5.74) is 1.96. The Labute approximate surface area is 123 Å². The fourth-order valence-electron chi connectivity index (χ4n) is 2.29. The van der Waals surface area contributed by atoms with Crippen molar-refractivity contribution in [3.63, 3.8) is 0 Å². The van der Waals surface area contributed by atoms with Crippen LogP contribution in [0.4, 0.5) is 0 Å². The Morgan fingerprint density at radius 2 is 2.05 bits per heavy atom. The van der Waals surface area contributed by atoms with Gasteiger partial charge in [-0.05, 0) is 64.7 Å². The summed E-state index contributed by atoms with van der Waals surface area (Å²) in [5.74, 6) is 0.945. The second-order valence-corrected chi connectivity index (χ2v) is 5.89. The van der Waals surface area contributed by atoms with Gasteiger partial charge in [-0.25, -0.2) is 0 Å². The lowest BCUT2D eigenvalue weighted by Gasteiger charge is -2.25. The summed E-state index contributed by atoms with van der Waals surface area (Å²) >= 11 is 0. The normalized spacial score (nSPS) is 13.8. The lowest BCUT2D eigenvalue weighted by Crippen LogP contribution is -2.45. The van der Waals surface area contributed by atoms with Gasteiger partial charge >= 0.3 is 0 Å². The van der Waals surface area contributed by atoms with Crippen LogP contribution in [0.15, 0.2) is 18.2 Å². The molecule has 1 rings (SSSR count). The zero-order valence-corrected chi connectivity index (χ0v) is 13.3. The summed E-state index contributed by atoms with van der Waals surface area (Å²) in [5, 5.41) is 12.6. The molecule has 20 heavy (non-hydrogen) atoms. The third-order valence-corrected chi connectivity index (χ3v) is 3.49. The quantitative estimate of drug-likeness (QED) is 0.770. The van der Waals surface area contributed by atoms with Gasteiger partial charge in [-0.1, -0.05) is 12.1 Å². The molecule has 0 saturated heterocycles. The molecular formula is C17H26N2O. The molecule has 0 aliphatic heterocycles. The smallest absolute Gasteiger partial charge is 0.122 e. The lowest BCUT2D eigenvalue weighted by molar-refractivity contribution is 0.278. The SMILES string of the molecule is Cc1cccc(OCCCC(C)(C#N)NC(C)C)c1C. The summed E-state index contributed by atoms with van der Waals surface area (Å²) in [7, 11) is 0. The zero-order chi connectivity index (χ0) is 15.2. The van der Waals surface area contributed by atoms with Crippen molar-refractivity contribution < 1.29 is 4.74 Å². The largest absolute Gasteiger partial charge is 0.493 e. The Morgan fingerprint density at radius 3 is 2.65 bits per heavy atom. The molecule has 3 heteroatoms. The molecule has 0 spiro atoms. The van der Waals surface area contributed by atoms with Gasteiger partial charge in [0.25, 0.3) is 0 Å². The topological polar surface area (TPSA) is 45.0 Å². The third-order valence-electron chi connectivity index (χ3n) is 3.49. The van der Waals surface area contributed by atoms with E-state index in [9.17, 15) is 5.26 Å². The number of benzene rings is 1. The molecule has 0 bridgehead atoms. The average Bonchev–Trinajstić information content (AvgIpc) is 2.38. The maximum atomic E-state index is 9.28. The van der Waals surface area contributed by atoms with Crippen LogP contribution in [0.3, 0.4) is 0 Å². The van der Waals surface area contributed by atoms with Crippen molar-refractivity contribution >= 4 is 0 Å². The number of nitrogens with zero attached hydrogens (tertiary/aromatic N) is 1. The van der Waals surface area contributed by atoms with Crippen LogP contribution in [0.5, 0.6) is 5.75 Å². The van der Waals surface area contributed by atoms with Crippen molar-refractivity contribution in [3.05, 3.63) is 29.3 Å². The Hall–Kier alpha value is -1.53. The molecule has 0 aliphatic rings. The molecule has 0 radical (unpaired) electrons. The summed E-state index contributed by atoms with van der Waals surface area (Å²) in [6, 6.07) is 8.76. The molecule has 1 aromatic carbocycles. The predicted molar refractivity (Wildman–Crippen MR) is 82.9 cm³/mol. The maximum Gasteiger partial charge on any atom is 0.122 e. The van der Waals surface area contributed by atoms with Gasteiger partial charge in [0.05, 0.1) is 12.7 Å². The fraction of sp³-hybridized carbons (Fsp3) is 0.588. The van der Waals surface area contributed by atoms with E-state index in [4.69, 9.17) is 4.74 Å². The second-order valence-electron chi connectivity index (χ2n) is 5.89. The minimum absolute atomic E-state index is 0.305. The first kappa shape index (κ1) is 16.5. The zero-order valence-electron chi connectivity index (χ0n) is 13.3. The fourth-order valence-corrected chi connectivity index (χ4v) is 2.29. The Balaban J connectivity index is 2.45. The van der Waals surface area contributed by atoms with Crippen molar-refractivity contribution in [2.75, 3.05) is 6.61 Å². The van der Waals surface area contributed by atoms with E-state index in [1.165, 1.54) is 11.1 Å². The van der Waals surface area contributed by atoms with Gasteiger partial charge in [0.15, 0.2) is 0 Å². The molecule has 0 amide bonds. The van der Waals surface area contributed by atoms with Crippen LogP contribution >= 0.6 is 0 Å². The first-order chi connectivity index (χ1) is 9.38. The monoisotopic (exact) mass is 274 g/mol. The molecule has 0 aliphatic carbocycles. The summed E-state index contributed by atoms with van der Waals surface area (Å²) in [6.45, 7) is 10.9. The number of rotatable bonds is 7. The van der Waals surface area contributed by atoms with Crippen LogP contribution in [0, 0.1) is 25.2 Å². The Morgan fingerprint density at radius 1 is 1.35 bits per heavy atom. The van der Waals surface area contributed by atoms with Gasteiger partial charge < -0.3 is 4.74 Å². The van der Waals surface area contributed by atoms with E-state index >= 15 is 0 Å². The van der Waals surface area contributed by atoms with E-state index in [2.05, 4.69) is 45.1 Å². The number of nitrogens with one attached hydrogen (secondary N) is 1. The molecule has 1 aromatic rings. The lowest BCUT2D eigenvalue weighted by atomic mass is 9.97. The Bertz CT molecular complexity index is 476. The molecule has 0 aromatic heterocycles. The van der Waals surface area contributed by atoms with Crippen molar-refractivity contribution in [2.45, 2.75) is 59.0 Å². The van der Waals surface area contributed by atoms with Crippen molar-refractivity contribution in [2.24, 2.45) is 0 Å². The molecule has 3 nitrogen and oxygen atoms in total. The van der Waals surface area contributed by atoms with E-state index in [0.717, 1.165) is 18.6 Å². The maximum absolute atomic E-state index is 9.28. The van der Waals surface area contributed by atoms with Gasteiger partial charge in [0.1, 0.15) is 11.3 Å². The van der Waals surface area contributed by atoms with Gasteiger partial charge in [-0.2, -0.15) is 5.26 Å². The highest BCUT2D eigenvalue weighted by Gasteiger charge is 2.23. The molecule has 0 fully saturated rings. The van der Waals surface area contributed by atoms with Crippen LogP contribution in [0.25, 0.3) is 0 Å². The summed E-state index contributed by atoms with van der Waals surface area (Å²) in [6.07, 6.45) is 1.64. The number of nitriles is 1. The van der Waals surface area contributed by atoms with Crippen LogP contribution in [-0.4, -0.2) is 18.2 Å². The minimum atomic E-state index is -0.473. The Kier molecular flexibility index (Phi) is 6.04. The first-order valence-corrected chi connectivity index (χ1v) is 7.26. The minimum Gasteiger partial charge on any atom is -0.493 e. The van der Waals surface area contributed by atoms with Crippen LogP contribution in [0.2, 0.25) is 0 Å². The second kappa shape index (κ2) is 7.31. The number of hydrogen-bond donors (Lipinski definition) is 1. The highest BCUT2D eigenvalue weighted by molar-refractivity contribution is 5.38. The van der Waals surface area contributed by atoms with Crippen molar-refractivity contribution in [1.82, 2.24) is 5.32 Å². The molecule has 0 heterocycles. The van der Waals surface area contributed by atoms with Crippen molar-refractivity contribution in [1.29, 1.82) is 5.26 Å². The van der Waals surface area contributed by atoms with Gasteiger partial charge in [0.2, 0.25) is 0 Å². The number of hydrogen-bond acceptors (Lipinski definition) is 3. The molecule has 110 valence electrons. The van der Waals surface area contributed by atoms with E-state index in [-0.39, 0.29) is 0 Å². The highest BCUT2D eigenvalue weighted by atomic mass is 16.5. The van der Waals surface area contributed by atoms with E-state index in [1.54, 1.807) is 0 Å². The molecule has 1 atom stereocenters. The third kappa shape index (κ3) is 4.86. The molecule has 1 unspecified atom stereocenters.